The zero-order valence-corrected chi connectivity index (χ0v) is 23.1. The van der Waals surface area contributed by atoms with Crippen LogP contribution in [0.3, 0.4) is 0 Å². The minimum Gasteiger partial charge on any atom is -0.457 e. The van der Waals surface area contributed by atoms with Crippen molar-refractivity contribution in [1.82, 2.24) is 34.4 Å². The Morgan fingerprint density at radius 2 is 1.90 bits per heavy atom. The molecule has 5 aromatic rings. The summed E-state index contributed by atoms with van der Waals surface area (Å²) in [4.78, 5) is 32.4. The molecule has 7 rings (SSSR count). The van der Waals surface area contributed by atoms with Crippen LogP contribution < -0.4 is 10.1 Å². The topological polar surface area (TPSA) is 110 Å². The van der Waals surface area contributed by atoms with Crippen LogP contribution in [0.5, 0.6) is 11.5 Å². The van der Waals surface area contributed by atoms with Gasteiger partial charge >= 0.3 is 0 Å². The number of hydrogen-bond donors (Lipinski definition) is 1. The van der Waals surface area contributed by atoms with Crippen molar-refractivity contribution < 1.29 is 13.9 Å². The number of benzene rings is 1. The Hall–Kier alpha value is -5.11. The van der Waals surface area contributed by atoms with Gasteiger partial charge in [-0.25, -0.2) is 28.8 Å². The number of nitrogens with one attached hydrogen (secondary N) is 1. The van der Waals surface area contributed by atoms with Crippen LogP contribution in [0.4, 0.5) is 15.9 Å². The van der Waals surface area contributed by atoms with Gasteiger partial charge in [-0.1, -0.05) is 5.92 Å². The number of halogens is 1. The van der Waals surface area contributed by atoms with E-state index in [0.717, 1.165) is 36.9 Å². The highest BCUT2D eigenvalue weighted by Crippen LogP contribution is 2.43. The summed E-state index contributed by atoms with van der Waals surface area (Å²) in [5.41, 5.74) is 3.77. The van der Waals surface area contributed by atoms with E-state index in [9.17, 15) is 4.79 Å². The summed E-state index contributed by atoms with van der Waals surface area (Å²) in [5, 5.41) is 7.21. The quantitative estimate of drug-likeness (QED) is 0.287. The van der Waals surface area contributed by atoms with Crippen LogP contribution in [-0.4, -0.2) is 52.4 Å². The Kier molecular flexibility index (Phi) is 6.38. The summed E-state index contributed by atoms with van der Waals surface area (Å²) in [6, 6.07) is 10.8. The molecule has 1 aromatic carbocycles. The number of piperidine rings is 1. The molecular formula is C31H27FN8O2. The Morgan fingerprint density at radius 3 is 2.71 bits per heavy atom. The van der Waals surface area contributed by atoms with E-state index in [1.807, 2.05) is 24.0 Å². The first-order valence-corrected chi connectivity index (χ1v) is 13.9. The molecule has 2 atom stereocenters. The second kappa shape index (κ2) is 10.4. The molecule has 2 aliphatic heterocycles. The van der Waals surface area contributed by atoms with Gasteiger partial charge in [0, 0.05) is 42.0 Å². The number of carbonyl (C=O) groups excluding carboxylic acids is 1. The van der Waals surface area contributed by atoms with Crippen LogP contribution in [0, 0.1) is 24.6 Å². The average Bonchev–Trinajstić information content (AvgIpc) is 3.56. The lowest BCUT2D eigenvalue weighted by Gasteiger charge is -2.37. The number of rotatable bonds is 5. The third-order valence-corrected chi connectivity index (χ3v) is 8.12. The van der Waals surface area contributed by atoms with Gasteiger partial charge in [0.1, 0.15) is 35.5 Å². The molecule has 1 amide bonds. The molecule has 6 heterocycles. The van der Waals surface area contributed by atoms with Crippen LogP contribution in [0.15, 0.2) is 55.2 Å². The van der Waals surface area contributed by atoms with E-state index in [1.165, 1.54) is 18.7 Å². The minimum absolute atomic E-state index is 0.0834. The maximum atomic E-state index is 15.4. The molecule has 2 unspecified atom stereocenters. The van der Waals surface area contributed by atoms with Crippen molar-refractivity contribution in [3.63, 3.8) is 0 Å². The Morgan fingerprint density at radius 1 is 1.07 bits per heavy atom. The van der Waals surface area contributed by atoms with Gasteiger partial charge in [0.25, 0.3) is 5.91 Å². The van der Waals surface area contributed by atoms with Crippen LogP contribution in [0.2, 0.25) is 0 Å². The summed E-state index contributed by atoms with van der Waals surface area (Å²) in [5.74, 6) is 6.40. The Labute approximate surface area is 241 Å². The van der Waals surface area contributed by atoms with E-state index in [2.05, 4.69) is 37.2 Å². The maximum Gasteiger partial charge on any atom is 0.298 e. The van der Waals surface area contributed by atoms with Crippen molar-refractivity contribution in [2.75, 3.05) is 5.32 Å². The number of fused-ring (bicyclic) bond motifs is 4. The van der Waals surface area contributed by atoms with Crippen molar-refractivity contribution in [3.05, 3.63) is 72.3 Å². The van der Waals surface area contributed by atoms with E-state index in [1.54, 1.807) is 35.8 Å². The fourth-order valence-electron chi connectivity index (χ4n) is 6.18. The standard InChI is InChI=1S/C31H27FN8O2/c1-3-4-29(41)40-20-5-6-21(40)13-19(12-20)24-7-8-25-30(37-24)31(35-16-33-25)38-26-11-18(2)27(15-23(26)32)42-22-9-10-39-28(14-22)34-17-36-39/h7-11,14-17,19-21H,5-6,12-13H2,1-2H3,(H,33,35,38). The van der Waals surface area contributed by atoms with Crippen molar-refractivity contribution in [3.8, 4) is 23.3 Å². The van der Waals surface area contributed by atoms with Crippen LogP contribution in [-0.2, 0) is 4.79 Å². The molecule has 2 bridgehead atoms. The second-order valence-corrected chi connectivity index (χ2v) is 10.7. The first-order valence-electron chi connectivity index (χ1n) is 13.9. The number of hydrogen-bond acceptors (Lipinski definition) is 8. The summed E-state index contributed by atoms with van der Waals surface area (Å²) in [7, 11) is 0. The predicted molar refractivity (Wildman–Crippen MR) is 154 cm³/mol. The monoisotopic (exact) mass is 562 g/mol. The number of ether oxygens (including phenoxy) is 1. The van der Waals surface area contributed by atoms with E-state index in [0.29, 0.717) is 34.0 Å². The van der Waals surface area contributed by atoms with E-state index in [-0.39, 0.29) is 29.6 Å². The molecule has 0 radical (unpaired) electrons. The molecule has 10 nitrogen and oxygen atoms in total. The molecule has 4 aromatic heterocycles. The smallest absolute Gasteiger partial charge is 0.298 e. The summed E-state index contributed by atoms with van der Waals surface area (Å²) < 4.78 is 23.0. The number of nitrogens with zero attached hydrogens (tertiary/aromatic N) is 7. The molecule has 0 saturated carbocycles. The molecule has 42 heavy (non-hydrogen) atoms. The highest BCUT2D eigenvalue weighted by Gasteiger charge is 2.43. The normalized spacial score (nSPS) is 19.5. The lowest BCUT2D eigenvalue weighted by molar-refractivity contribution is -0.129. The molecule has 210 valence electrons. The minimum atomic E-state index is -0.495. The van der Waals surface area contributed by atoms with Crippen LogP contribution in [0.1, 0.15) is 49.8 Å². The lowest BCUT2D eigenvalue weighted by Crippen LogP contribution is -2.45. The fraction of sp³-hybridized carbons (Fsp3) is 0.290. The largest absolute Gasteiger partial charge is 0.457 e. The van der Waals surface area contributed by atoms with Gasteiger partial charge in [-0.2, -0.15) is 5.10 Å². The SMILES string of the molecule is CC#CC(=O)N1C2CCC1CC(c1ccc3ncnc(Nc4cc(C)c(Oc5ccn6ncnc6c5)cc4F)c3n1)C2. The van der Waals surface area contributed by atoms with Gasteiger partial charge in [0.2, 0.25) is 0 Å². The van der Waals surface area contributed by atoms with Gasteiger partial charge in [-0.15, -0.1) is 0 Å². The highest BCUT2D eigenvalue weighted by molar-refractivity contribution is 5.94. The lowest BCUT2D eigenvalue weighted by atomic mass is 9.87. The Bertz CT molecular complexity index is 1900. The van der Waals surface area contributed by atoms with Crippen molar-refractivity contribution in [2.45, 2.75) is 57.5 Å². The van der Waals surface area contributed by atoms with Crippen molar-refractivity contribution in [2.24, 2.45) is 0 Å². The molecule has 1 N–H and O–H groups in total. The van der Waals surface area contributed by atoms with Crippen LogP contribution >= 0.6 is 0 Å². The highest BCUT2D eigenvalue weighted by atomic mass is 19.1. The maximum absolute atomic E-state index is 15.4. The summed E-state index contributed by atoms with van der Waals surface area (Å²) in [6.07, 6.45) is 8.26. The fourth-order valence-corrected chi connectivity index (χ4v) is 6.18. The molecule has 11 heteroatoms. The number of carbonyl (C=O) groups is 1. The summed E-state index contributed by atoms with van der Waals surface area (Å²) >= 11 is 0. The van der Waals surface area contributed by atoms with Gasteiger partial charge in [0.05, 0.1) is 11.2 Å². The average molecular weight is 563 g/mol. The molecule has 0 spiro atoms. The van der Waals surface area contributed by atoms with Crippen molar-refractivity contribution in [1.29, 1.82) is 0 Å². The second-order valence-electron chi connectivity index (χ2n) is 10.7. The van der Waals surface area contributed by atoms with Crippen LogP contribution in [0.25, 0.3) is 16.7 Å². The molecule has 0 aliphatic carbocycles. The number of aryl methyl sites for hydroxylation is 1. The van der Waals surface area contributed by atoms with Gasteiger partial charge < -0.3 is 15.0 Å². The zero-order chi connectivity index (χ0) is 28.8. The van der Waals surface area contributed by atoms with Gasteiger partial charge in [0.15, 0.2) is 11.5 Å². The summed E-state index contributed by atoms with van der Waals surface area (Å²) in [6.45, 7) is 3.54. The van der Waals surface area contributed by atoms with Crippen molar-refractivity contribution >= 4 is 34.1 Å². The Balaban J connectivity index is 1.14. The van der Waals surface area contributed by atoms with E-state index < -0.39 is 5.82 Å². The number of pyridine rings is 2. The van der Waals surface area contributed by atoms with Gasteiger partial charge in [-0.05, 0) is 75.3 Å². The molecule has 2 fully saturated rings. The number of aromatic nitrogens is 6. The predicted octanol–water partition coefficient (Wildman–Crippen LogP) is 5.31. The third-order valence-electron chi connectivity index (χ3n) is 8.12. The number of amides is 1. The first-order chi connectivity index (χ1) is 20.5. The van der Waals surface area contributed by atoms with E-state index in [4.69, 9.17) is 9.72 Å². The molecular weight excluding hydrogens is 535 g/mol. The molecule has 2 aliphatic rings. The number of anilines is 2. The van der Waals surface area contributed by atoms with E-state index >= 15 is 4.39 Å². The third kappa shape index (κ3) is 4.64. The first kappa shape index (κ1) is 25.8. The molecule has 2 saturated heterocycles. The van der Waals surface area contributed by atoms with Gasteiger partial charge in [-0.3, -0.25) is 4.79 Å². The zero-order valence-electron chi connectivity index (χ0n) is 23.1.